The summed E-state index contributed by atoms with van der Waals surface area (Å²) in [6, 6.07) is 4.59. The van der Waals surface area contributed by atoms with Crippen LogP contribution in [0.3, 0.4) is 0 Å². The molecule has 2 aromatic heterocycles. The lowest BCUT2D eigenvalue weighted by Gasteiger charge is -2.17. The van der Waals surface area contributed by atoms with Crippen LogP contribution < -0.4 is 5.32 Å². The number of nitrogens with zero attached hydrogens (tertiary/aromatic N) is 3. The Hall–Kier alpha value is -1.20. The Morgan fingerprint density at radius 2 is 2.33 bits per heavy atom. The minimum atomic E-state index is 0.301. The fourth-order valence-electron chi connectivity index (χ4n) is 2.08. The molecule has 0 saturated heterocycles. The molecule has 4 nitrogen and oxygen atoms in total. The van der Waals surface area contributed by atoms with Crippen LogP contribution in [0.1, 0.15) is 36.9 Å². The van der Waals surface area contributed by atoms with Gasteiger partial charge in [0.1, 0.15) is 0 Å². The van der Waals surface area contributed by atoms with Crippen molar-refractivity contribution in [3.63, 3.8) is 0 Å². The van der Waals surface area contributed by atoms with Gasteiger partial charge in [-0.25, -0.2) is 4.68 Å². The highest BCUT2D eigenvalue weighted by Gasteiger charge is 2.16. The van der Waals surface area contributed by atoms with Crippen molar-refractivity contribution < 1.29 is 0 Å². The molecule has 2 rings (SSSR count). The van der Waals surface area contributed by atoms with Crippen molar-refractivity contribution in [2.24, 2.45) is 0 Å². The third-order valence-electron chi connectivity index (χ3n) is 2.88. The van der Waals surface area contributed by atoms with E-state index >= 15 is 0 Å². The molecule has 0 aliphatic heterocycles. The Labute approximate surface area is 112 Å². The summed E-state index contributed by atoms with van der Waals surface area (Å²) in [7, 11) is 0. The van der Waals surface area contributed by atoms with Gasteiger partial charge in [0.25, 0.3) is 0 Å². The fourth-order valence-corrected chi connectivity index (χ4v) is 2.83. The van der Waals surface area contributed by atoms with E-state index in [1.807, 2.05) is 10.9 Å². The van der Waals surface area contributed by atoms with E-state index in [1.165, 1.54) is 10.6 Å². The highest BCUT2D eigenvalue weighted by atomic mass is 32.1. The lowest BCUT2D eigenvalue weighted by Crippen LogP contribution is -2.25. The van der Waals surface area contributed by atoms with Gasteiger partial charge in [0.05, 0.1) is 17.9 Å². The number of nitrogens with one attached hydrogen (secondary N) is 1. The molecule has 1 N–H and O–H groups in total. The largest absolute Gasteiger partial charge is 0.309 e. The van der Waals surface area contributed by atoms with E-state index in [-0.39, 0.29) is 0 Å². The van der Waals surface area contributed by atoms with E-state index in [1.54, 1.807) is 11.3 Å². The molecule has 0 radical (unpaired) electrons. The van der Waals surface area contributed by atoms with E-state index in [9.17, 15) is 0 Å². The second-order valence-electron chi connectivity index (χ2n) is 4.28. The molecular formula is C13H20N4S. The van der Waals surface area contributed by atoms with Gasteiger partial charge in [-0.2, -0.15) is 0 Å². The van der Waals surface area contributed by atoms with Gasteiger partial charge in [-0.05, 0) is 24.4 Å². The summed E-state index contributed by atoms with van der Waals surface area (Å²) in [4.78, 5) is 1.39. The number of rotatable bonds is 7. The molecular weight excluding hydrogens is 244 g/mol. The first-order valence-corrected chi connectivity index (χ1v) is 7.37. The third kappa shape index (κ3) is 3.17. The Morgan fingerprint density at radius 3 is 3.00 bits per heavy atom. The van der Waals surface area contributed by atoms with E-state index in [4.69, 9.17) is 0 Å². The summed E-state index contributed by atoms with van der Waals surface area (Å²) in [6.45, 7) is 6.18. The van der Waals surface area contributed by atoms with Crippen LogP contribution in [0.15, 0.2) is 23.7 Å². The van der Waals surface area contributed by atoms with Crippen LogP contribution in [0.4, 0.5) is 0 Å². The number of hydrogen-bond acceptors (Lipinski definition) is 4. The van der Waals surface area contributed by atoms with Crippen molar-refractivity contribution in [3.05, 3.63) is 34.3 Å². The maximum absolute atomic E-state index is 4.17. The van der Waals surface area contributed by atoms with E-state index < -0.39 is 0 Å². The summed E-state index contributed by atoms with van der Waals surface area (Å²) >= 11 is 1.80. The minimum Gasteiger partial charge on any atom is -0.309 e. The van der Waals surface area contributed by atoms with Crippen LogP contribution in [0.25, 0.3) is 0 Å². The van der Waals surface area contributed by atoms with Crippen LogP contribution >= 0.6 is 11.3 Å². The summed E-state index contributed by atoms with van der Waals surface area (Å²) in [5.74, 6) is 0. The lowest BCUT2D eigenvalue weighted by molar-refractivity contribution is 0.475. The van der Waals surface area contributed by atoms with Crippen LogP contribution in [0.2, 0.25) is 0 Å². The second-order valence-corrected chi connectivity index (χ2v) is 5.31. The number of likely N-dealkylation sites (N-methyl/N-ethyl adjacent to an activating group) is 1. The summed E-state index contributed by atoms with van der Waals surface area (Å²) < 4.78 is 2.01. The molecule has 1 atom stereocenters. The maximum atomic E-state index is 4.17. The zero-order valence-electron chi connectivity index (χ0n) is 11.0. The molecule has 0 saturated carbocycles. The predicted octanol–water partition coefficient (Wildman–Crippen LogP) is 2.64. The van der Waals surface area contributed by atoms with Crippen molar-refractivity contribution in [3.8, 4) is 0 Å². The van der Waals surface area contributed by atoms with Gasteiger partial charge in [-0.1, -0.05) is 25.1 Å². The zero-order chi connectivity index (χ0) is 12.8. The smallest absolute Gasteiger partial charge is 0.0760 e. The third-order valence-corrected chi connectivity index (χ3v) is 3.77. The molecule has 5 heteroatoms. The minimum absolute atomic E-state index is 0.301. The molecule has 0 bridgehead atoms. The highest BCUT2D eigenvalue weighted by Crippen LogP contribution is 2.20. The first kappa shape index (κ1) is 13.2. The van der Waals surface area contributed by atoms with Crippen molar-refractivity contribution in [1.29, 1.82) is 0 Å². The molecule has 98 valence electrons. The van der Waals surface area contributed by atoms with Gasteiger partial charge in [0.15, 0.2) is 0 Å². The summed E-state index contributed by atoms with van der Waals surface area (Å²) in [5.41, 5.74) is 1.19. The molecule has 18 heavy (non-hydrogen) atoms. The molecule has 0 aliphatic rings. The van der Waals surface area contributed by atoms with Gasteiger partial charge in [-0.15, -0.1) is 16.4 Å². The maximum Gasteiger partial charge on any atom is 0.0760 e. The summed E-state index contributed by atoms with van der Waals surface area (Å²) in [5, 5.41) is 13.9. The van der Waals surface area contributed by atoms with Gasteiger partial charge in [0, 0.05) is 17.8 Å². The van der Waals surface area contributed by atoms with Crippen LogP contribution in [0, 0.1) is 0 Å². The highest BCUT2D eigenvalue weighted by molar-refractivity contribution is 7.09. The fraction of sp³-hybridized carbons (Fsp3) is 0.538. The van der Waals surface area contributed by atoms with Crippen molar-refractivity contribution in [2.45, 2.75) is 39.3 Å². The lowest BCUT2D eigenvalue weighted by atomic mass is 10.1. The monoisotopic (exact) mass is 264 g/mol. The van der Waals surface area contributed by atoms with Crippen LogP contribution in [0.5, 0.6) is 0 Å². The summed E-state index contributed by atoms with van der Waals surface area (Å²) in [6.07, 6.45) is 3.97. The van der Waals surface area contributed by atoms with E-state index in [0.29, 0.717) is 6.04 Å². The van der Waals surface area contributed by atoms with Gasteiger partial charge >= 0.3 is 0 Å². The normalized spacial score (nSPS) is 12.8. The molecule has 1 unspecified atom stereocenters. The van der Waals surface area contributed by atoms with Crippen molar-refractivity contribution >= 4 is 11.3 Å². The molecule has 0 spiro atoms. The number of hydrogen-bond donors (Lipinski definition) is 1. The van der Waals surface area contributed by atoms with Crippen molar-refractivity contribution in [1.82, 2.24) is 20.3 Å². The second kappa shape index (κ2) is 6.66. The SMILES string of the molecule is CCCn1nncc1C(Cc1cccs1)NCC. The Kier molecular flexibility index (Phi) is 4.90. The van der Waals surface area contributed by atoms with Crippen LogP contribution in [-0.4, -0.2) is 21.5 Å². The first-order valence-electron chi connectivity index (χ1n) is 6.49. The molecule has 0 aromatic carbocycles. The predicted molar refractivity (Wildman–Crippen MR) is 74.8 cm³/mol. The molecule has 0 fully saturated rings. The number of aromatic nitrogens is 3. The average molecular weight is 264 g/mol. The first-order chi connectivity index (χ1) is 8.85. The Balaban J connectivity index is 2.15. The Bertz CT molecular complexity index is 449. The van der Waals surface area contributed by atoms with Gasteiger partial charge in [0.2, 0.25) is 0 Å². The van der Waals surface area contributed by atoms with E-state index in [2.05, 4.69) is 47.0 Å². The van der Waals surface area contributed by atoms with Gasteiger partial charge < -0.3 is 5.32 Å². The number of aryl methyl sites for hydroxylation is 1. The van der Waals surface area contributed by atoms with Crippen LogP contribution in [-0.2, 0) is 13.0 Å². The zero-order valence-corrected chi connectivity index (χ0v) is 11.8. The Morgan fingerprint density at radius 1 is 1.44 bits per heavy atom. The quantitative estimate of drug-likeness (QED) is 0.836. The topological polar surface area (TPSA) is 42.7 Å². The average Bonchev–Trinajstić information content (AvgIpc) is 3.00. The number of thiophene rings is 1. The molecule has 0 aliphatic carbocycles. The molecule has 0 amide bonds. The molecule has 2 aromatic rings. The van der Waals surface area contributed by atoms with Crippen molar-refractivity contribution in [2.75, 3.05) is 6.54 Å². The van der Waals surface area contributed by atoms with E-state index in [0.717, 1.165) is 25.9 Å². The van der Waals surface area contributed by atoms with Gasteiger partial charge in [-0.3, -0.25) is 0 Å². The molecule has 2 heterocycles. The standard InChI is InChI=1S/C13H20N4S/c1-3-7-17-13(10-15-16-17)12(14-4-2)9-11-6-5-8-18-11/h5-6,8,10,12,14H,3-4,7,9H2,1-2H3.